The van der Waals surface area contributed by atoms with Crippen molar-refractivity contribution in [1.29, 1.82) is 0 Å². The van der Waals surface area contributed by atoms with Crippen molar-refractivity contribution in [3.8, 4) is 0 Å². The molecule has 0 unspecified atom stereocenters. The zero-order valence-corrected chi connectivity index (χ0v) is 14.2. The van der Waals surface area contributed by atoms with Crippen LogP contribution < -0.4 is 0 Å². The van der Waals surface area contributed by atoms with Gasteiger partial charge in [-0.05, 0) is 30.7 Å². The summed E-state index contributed by atoms with van der Waals surface area (Å²) in [7, 11) is 0. The molecule has 0 aliphatic rings. The summed E-state index contributed by atoms with van der Waals surface area (Å²) in [6.45, 7) is 1.40. The topological polar surface area (TPSA) is 65.2 Å². The highest BCUT2D eigenvalue weighted by atomic mass is 35.5. The molecule has 0 atom stereocenters. The van der Waals surface area contributed by atoms with Gasteiger partial charge in [0.2, 0.25) is 5.76 Å². The lowest BCUT2D eigenvalue weighted by molar-refractivity contribution is -0.141. The molecule has 1 aromatic carbocycles. The molecule has 0 bridgehead atoms. The van der Waals surface area contributed by atoms with E-state index in [-0.39, 0.29) is 18.9 Å². The average Bonchev–Trinajstić information content (AvgIpc) is 2.99. The Hall–Kier alpha value is -2.61. The van der Waals surface area contributed by atoms with Gasteiger partial charge in [0.25, 0.3) is 0 Å². The van der Waals surface area contributed by atoms with Crippen molar-refractivity contribution in [1.82, 2.24) is 9.97 Å². The van der Waals surface area contributed by atoms with Crippen LogP contribution in [0.25, 0.3) is 10.9 Å². The van der Waals surface area contributed by atoms with E-state index < -0.39 is 23.6 Å². The summed E-state index contributed by atoms with van der Waals surface area (Å²) >= 11 is 5.90. The predicted octanol–water partition coefficient (Wildman–Crippen LogP) is 4.66. The number of aromatic nitrogens is 2. The van der Waals surface area contributed by atoms with Gasteiger partial charge in [-0.1, -0.05) is 17.7 Å². The summed E-state index contributed by atoms with van der Waals surface area (Å²) in [6.07, 6.45) is -3.37. The first-order chi connectivity index (χ1) is 12.3. The standard InChI is InChI=1S/C17H12ClF3N2O3/c1-2-25-16(24)14-15(17(19,20)21)23-13(26-14)6-9-3-4-12-10(5-9)7-11(18)8-22-12/h3-5,7-8H,2,6H2,1H3. The van der Waals surface area contributed by atoms with Crippen molar-refractivity contribution >= 4 is 28.5 Å². The highest BCUT2D eigenvalue weighted by Gasteiger charge is 2.41. The van der Waals surface area contributed by atoms with Crippen LogP contribution in [-0.4, -0.2) is 22.5 Å². The van der Waals surface area contributed by atoms with Gasteiger partial charge >= 0.3 is 12.1 Å². The minimum absolute atomic E-state index is 0.0368. The van der Waals surface area contributed by atoms with E-state index in [0.717, 1.165) is 5.39 Å². The van der Waals surface area contributed by atoms with Crippen LogP contribution in [-0.2, 0) is 17.3 Å². The SMILES string of the molecule is CCOC(=O)c1oc(Cc2ccc3ncc(Cl)cc3c2)nc1C(F)(F)F. The summed E-state index contributed by atoms with van der Waals surface area (Å²) in [5.41, 5.74) is -0.0721. The van der Waals surface area contributed by atoms with Gasteiger partial charge in [-0.15, -0.1) is 0 Å². The second kappa shape index (κ2) is 6.95. The maximum absolute atomic E-state index is 13.1. The summed E-state index contributed by atoms with van der Waals surface area (Å²) in [6, 6.07) is 6.80. The van der Waals surface area contributed by atoms with Gasteiger partial charge in [0, 0.05) is 18.0 Å². The van der Waals surface area contributed by atoms with Gasteiger partial charge in [0.05, 0.1) is 17.1 Å². The Kier molecular flexibility index (Phi) is 4.86. The fraction of sp³-hybridized carbons (Fsp3) is 0.235. The van der Waals surface area contributed by atoms with Crippen LogP contribution in [0.15, 0.2) is 34.9 Å². The molecular weight excluding hydrogens is 373 g/mol. The molecule has 136 valence electrons. The van der Waals surface area contributed by atoms with Crippen molar-refractivity contribution in [3.05, 3.63) is 58.4 Å². The first-order valence-electron chi connectivity index (χ1n) is 7.56. The van der Waals surface area contributed by atoms with E-state index in [1.165, 1.54) is 13.1 Å². The number of oxazole rings is 1. The van der Waals surface area contributed by atoms with Gasteiger partial charge in [0.1, 0.15) is 0 Å². The van der Waals surface area contributed by atoms with Gasteiger partial charge in [-0.3, -0.25) is 4.98 Å². The van der Waals surface area contributed by atoms with Crippen molar-refractivity contribution in [2.24, 2.45) is 0 Å². The normalized spacial score (nSPS) is 11.7. The Morgan fingerprint density at radius 3 is 2.77 bits per heavy atom. The summed E-state index contributed by atoms with van der Waals surface area (Å²) < 4.78 is 49.0. The van der Waals surface area contributed by atoms with Crippen molar-refractivity contribution in [2.45, 2.75) is 19.5 Å². The Balaban J connectivity index is 1.96. The third-order valence-electron chi connectivity index (χ3n) is 3.47. The zero-order chi connectivity index (χ0) is 18.9. The van der Waals surface area contributed by atoms with Crippen LogP contribution >= 0.6 is 11.6 Å². The largest absolute Gasteiger partial charge is 0.460 e. The number of carbonyl (C=O) groups excluding carboxylic acids is 1. The molecule has 2 heterocycles. The van der Waals surface area contributed by atoms with Crippen LogP contribution in [0.3, 0.4) is 0 Å². The molecule has 0 aliphatic heterocycles. The number of halogens is 4. The minimum Gasteiger partial charge on any atom is -0.460 e. The summed E-state index contributed by atoms with van der Waals surface area (Å²) in [4.78, 5) is 19.3. The van der Waals surface area contributed by atoms with Crippen LogP contribution in [0.1, 0.15) is 34.6 Å². The Morgan fingerprint density at radius 1 is 1.31 bits per heavy atom. The number of hydrogen-bond acceptors (Lipinski definition) is 5. The number of pyridine rings is 1. The van der Waals surface area contributed by atoms with E-state index >= 15 is 0 Å². The highest BCUT2D eigenvalue weighted by molar-refractivity contribution is 6.31. The highest BCUT2D eigenvalue weighted by Crippen LogP contribution is 2.33. The molecule has 5 nitrogen and oxygen atoms in total. The number of rotatable bonds is 4. The maximum atomic E-state index is 13.1. The average molecular weight is 385 g/mol. The molecule has 0 radical (unpaired) electrons. The fourth-order valence-corrected chi connectivity index (χ4v) is 2.57. The second-order valence-corrected chi connectivity index (χ2v) is 5.80. The van der Waals surface area contributed by atoms with E-state index in [1.54, 1.807) is 24.3 Å². The van der Waals surface area contributed by atoms with Crippen LogP contribution in [0, 0.1) is 0 Å². The number of ether oxygens (including phenoxy) is 1. The minimum atomic E-state index is -4.83. The number of hydrogen-bond donors (Lipinski definition) is 0. The smallest absolute Gasteiger partial charge is 0.437 e. The lowest BCUT2D eigenvalue weighted by atomic mass is 10.1. The van der Waals surface area contributed by atoms with E-state index in [9.17, 15) is 18.0 Å². The van der Waals surface area contributed by atoms with Crippen LogP contribution in [0.5, 0.6) is 0 Å². The molecule has 3 rings (SSSR count). The molecule has 9 heteroatoms. The van der Waals surface area contributed by atoms with Crippen molar-refractivity contribution in [2.75, 3.05) is 6.61 Å². The van der Waals surface area contributed by atoms with Gasteiger partial charge < -0.3 is 9.15 Å². The molecule has 0 spiro atoms. The van der Waals surface area contributed by atoms with Crippen molar-refractivity contribution < 1.29 is 27.1 Å². The molecule has 0 saturated heterocycles. The molecule has 26 heavy (non-hydrogen) atoms. The third-order valence-corrected chi connectivity index (χ3v) is 3.68. The lowest BCUT2D eigenvalue weighted by Gasteiger charge is -2.03. The number of carbonyl (C=O) groups is 1. The molecule has 0 amide bonds. The van der Waals surface area contributed by atoms with Gasteiger partial charge in [-0.25, -0.2) is 9.78 Å². The van der Waals surface area contributed by atoms with Gasteiger partial charge in [0.15, 0.2) is 11.6 Å². The molecular formula is C17H12ClF3N2O3. The molecule has 0 aliphatic carbocycles. The number of fused-ring (bicyclic) bond motifs is 1. The number of benzene rings is 1. The molecule has 0 N–H and O–H groups in total. The lowest BCUT2D eigenvalue weighted by Crippen LogP contribution is -2.14. The quantitative estimate of drug-likeness (QED) is 0.612. The Labute approximate surface area is 150 Å². The Morgan fingerprint density at radius 2 is 2.08 bits per heavy atom. The Bertz CT molecular complexity index is 970. The van der Waals surface area contributed by atoms with Gasteiger partial charge in [-0.2, -0.15) is 13.2 Å². The fourth-order valence-electron chi connectivity index (χ4n) is 2.41. The van der Waals surface area contributed by atoms with Crippen LogP contribution in [0.4, 0.5) is 13.2 Å². The van der Waals surface area contributed by atoms with E-state index in [4.69, 9.17) is 16.0 Å². The van der Waals surface area contributed by atoms with E-state index in [0.29, 0.717) is 16.1 Å². The summed E-state index contributed by atoms with van der Waals surface area (Å²) in [5.74, 6) is -2.39. The third kappa shape index (κ3) is 3.80. The number of esters is 1. The monoisotopic (exact) mass is 384 g/mol. The summed E-state index contributed by atoms with van der Waals surface area (Å²) in [5, 5.41) is 1.16. The molecule has 3 aromatic rings. The van der Waals surface area contributed by atoms with E-state index in [2.05, 4.69) is 14.7 Å². The van der Waals surface area contributed by atoms with Crippen LogP contribution in [0.2, 0.25) is 5.02 Å². The van der Waals surface area contributed by atoms with Crippen molar-refractivity contribution in [3.63, 3.8) is 0 Å². The number of nitrogens with zero attached hydrogens (tertiary/aromatic N) is 2. The molecule has 0 saturated carbocycles. The van der Waals surface area contributed by atoms with E-state index in [1.807, 2.05) is 0 Å². The maximum Gasteiger partial charge on any atom is 0.437 e. The number of alkyl halides is 3. The first kappa shape index (κ1) is 18.2. The predicted molar refractivity (Wildman–Crippen MR) is 87.0 cm³/mol. The zero-order valence-electron chi connectivity index (χ0n) is 13.4. The molecule has 0 fully saturated rings. The first-order valence-corrected chi connectivity index (χ1v) is 7.94. The molecule has 2 aromatic heterocycles. The second-order valence-electron chi connectivity index (χ2n) is 5.36.